The van der Waals surface area contributed by atoms with E-state index in [1.165, 1.54) is 0 Å². The number of pyridine rings is 1. The van der Waals surface area contributed by atoms with Gasteiger partial charge >= 0.3 is 5.97 Å². The first-order valence-electron chi connectivity index (χ1n) is 6.71. The third-order valence-electron chi connectivity index (χ3n) is 3.63. The van der Waals surface area contributed by atoms with Gasteiger partial charge in [0.1, 0.15) is 12.5 Å². The lowest BCUT2D eigenvalue weighted by Crippen LogP contribution is -2.13. The highest BCUT2D eigenvalue weighted by Gasteiger charge is 2.54. The Bertz CT molecular complexity index is 729. The maximum atomic E-state index is 11.8. The lowest BCUT2D eigenvalue weighted by Gasteiger charge is -2.08. The number of esters is 1. The molecule has 1 aliphatic carbocycles. The number of ether oxygens (including phenoxy) is 1. The summed E-state index contributed by atoms with van der Waals surface area (Å²) in [4.78, 5) is 26.3. The Morgan fingerprint density at radius 3 is 2.95 bits per heavy atom. The maximum Gasteiger partial charge on any atom is 0.316 e. The van der Waals surface area contributed by atoms with Crippen molar-refractivity contribution in [2.75, 3.05) is 0 Å². The third kappa shape index (κ3) is 2.69. The van der Waals surface area contributed by atoms with Crippen molar-refractivity contribution in [1.29, 1.82) is 0 Å². The highest BCUT2D eigenvalue weighted by Crippen LogP contribution is 2.34. The van der Waals surface area contributed by atoms with Crippen LogP contribution in [-0.2, 0) is 16.1 Å². The third-order valence-corrected chi connectivity index (χ3v) is 3.63. The van der Waals surface area contributed by atoms with Crippen LogP contribution in [0.15, 0.2) is 30.3 Å². The zero-order valence-corrected chi connectivity index (χ0v) is 11.5. The number of nitrogens with zero attached hydrogens (tertiary/aromatic N) is 2. The maximum absolute atomic E-state index is 11.8. The molecule has 0 saturated heterocycles. The van der Waals surface area contributed by atoms with Crippen LogP contribution in [0.25, 0.3) is 10.9 Å². The van der Waals surface area contributed by atoms with E-state index >= 15 is 0 Å². The fraction of sp³-hybridized carbons (Fsp3) is 0.333. The number of rotatable bonds is 4. The number of benzene rings is 1. The molecule has 2 aromatic rings. The number of carbonyl (C=O) groups is 1. The molecule has 1 aliphatic rings. The predicted molar refractivity (Wildman–Crippen MR) is 75.2 cm³/mol. The SMILES string of the molecule is Cc1cc(COC(=O)C2CC2[N+](=O)[O-])c2ccccc2n1. The first-order chi connectivity index (χ1) is 10.1. The molecular weight excluding hydrogens is 272 g/mol. The Kier molecular flexibility index (Phi) is 3.29. The van der Waals surface area contributed by atoms with Gasteiger partial charge in [0.05, 0.1) is 5.52 Å². The summed E-state index contributed by atoms with van der Waals surface area (Å²) >= 11 is 0. The van der Waals surface area contributed by atoms with Crippen LogP contribution in [0.4, 0.5) is 0 Å². The van der Waals surface area contributed by atoms with Crippen molar-refractivity contribution in [3.05, 3.63) is 51.7 Å². The van der Waals surface area contributed by atoms with E-state index in [2.05, 4.69) is 4.98 Å². The van der Waals surface area contributed by atoms with E-state index in [4.69, 9.17) is 4.74 Å². The molecule has 0 bridgehead atoms. The number of nitro groups is 1. The molecule has 6 heteroatoms. The molecule has 1 aromatic carbocycles. The van der Waals surface area contributed by atoms with Gasteiger partial charge in [0.25, 0.3) is 0 Å². The normalized spacial score (nSPS) is 20.2. The minimum atomic E-state index is -0.770. The molecule has 0 amide bonds. The first-order valence-corrected chi connectivity index (χ1v) is 6.71. The van der Waals surface area contributed by atoms with Gasteiger partial charge in [0.15, 0.2) is 0 Å². The Morgan fingerprint density at radius 2 is 2.24 bits per heavy atom. The van der Waals surface area contributed by atoms with E-state index in [0.29, 0.717) is 0 Å². The van der Waals surface area contributed by atoms with Crippen molar-refractivity contribution in [1.82, 2.24) is 4.98 Å². The summed E-state index contributed by atoms with van der Waals surface area (Å²) in [6, 6.07) is 8.71. The zero-order chi connectivity index (χ0) is 15.0. The molecule has 0 radical (unpaired) electrons. The number of aromatic nitrogens is 1. The summed E-state index contributed by atoms with van der Waals surface area (Å²) in [5.74, 6) is -1.08. The van der Waals surface area contributed by atoms with Gasteiger partial charge in [-0.15, -0.1) is 0 Å². The summed E-state index contributed by atoms with van der Waals surface area (Å²) in [5.41, 5.74) is 2.55. The summed E-state index contributed by atoms with van der Waals surface area (Å²) in [7, 11) is 0. The molecule has 0 aliphatic heterocycles. The summed E-state index contributed by atoms with van der Waals surface area (Å²) < 4.78 is 5.22. The van der Waals surface area contributed by atoms with E-state index in [1.54, 1.807) is 0 Å². The average Bonchev–Trinajstić information content (AvgIpc) is 3.25. The van der Waals surface area contributed by atoms with Crippen molar-refractivity contribution in [3.8, 4) is 0 Å². The summed E-state index contributed by atoms with van der Waals surface area (Å²) in [5, 5.41) is 11.5. The second-order valence-corrected chi connectivity index (χ2v) is 5.24. The topological polar surface area (TPSA) is 82.3 Å². The number of aryl methyl sites for hydroxylation is 1. The summed E-state index contributed by atoms with van der Waals surface area (Å²) in [6.45, 7) is 1.99. The molecule has 6 nitrogen and oxygen atoms in total. The fourth-order valence-corrected chi connectivity index (χ4v) is 2.44. The number of carbonyl (C=O) groups excluding carboxylic acids is 1. The second-order valence-electron chi connectivity index (χ2n) is 5.24. The Morgan fingerprint density at radius 1 is 1.48 bits per heavy atom. The molecule has 3 rings (SSSR count). The van der Waals surface area contributed by atoms with Gasteiger partial charge in [-0.1, -0.05) is 18.2 Å². The van der Waals surface area contributed by atoms with Crippen molar-refractivity contribution < 1.29 is 14.5 Å². The van der Waals surface area contributed by atoms with E-state index in [1.807, 2.05) is 37.3 Å². The minimum Gasteiger partial charge on any atom is -0.460 e. The molecule has 2 atom stereocenters. The van der Waals surface area contributed by atoms with E-state index in [0.717, 1.165) is 22.2 Å². The highest BCUT2D eigenvalue weighted by molar-refractivity contribution is 5.82. The van der Waals surface area contributed by atoms with Gasteiger partial charge < -0.3 is 4.74 Å². The van der Waals surface area contributed by atoms with Crippen LogP contribution >= 0.6 is 0 Å². The van der Waals surface area contributed by atoms with Crippen molar-refractivity contribution in [3.63, 3.8) is 0 Å². The molecule has 108 valence electrons. The van der Waals surface area contributed by atoms with Crippen LogP contribution in [0.3, 0.4) is 0 Å². The molecule has 1 heterocycles. The predicted octanol–water partition coefficient (Wildman–Crippen LogP) is 2.25. The number of fused-ring (bicyclic) bond motifs is 1. The monoisotopic (exact) mass is 286 g/mol. The van der Waals surface area contributed by atoms with Crippen LogP contribution in [-0.4, -0.2) is 21.9 Å². The fourth-order valence-electron chi connectivity index (χ4n) is 2.44. The van der Waals surface area contributed by atoms with Crippen molar-refractivity contribution >= 4 is 16.9 Å². The summed E-state index contributed by atoms with van der Waals surface area (Å²) in [6.07, 6.45) is 0.280. The van der Waals surface area contributed by atoms with Gasteiger partial charge in [-0.05, 0) is 19.1 Å². The number of hydrogen-bond donors (Lipinski definition) is 0. The first kappa shape index (κ1) is 13.5. The Hall–Kier alpha value is -2.50. The molecule has 1 fully saturated rings. The van der Waals surface area contributed by atoms with Crippen LogP contribution in [0.1, 0.15) is 17.7 Å². The van der Waals surface area contributed by atoms with Gasteiger partial charge in [-0.25, -0.2) is 0 Å². The van der Waals surface area contributed by atoms with Crippen LogP contribution < -0.4 is 0 Å². The molecular formula is C15H14N2O4. The van der Waals surface area contributed by atoms with Gasteiger partial charge in [0.2, 0.25) is 6.04 Å². The van der Waals surface area contributed by atoms with E-state index < -0.39 is 22.9 Å². The molecule has 2 unspecified atom stereocenters. The molecule has 0 spiro atoms. The number of hydrogen-bond acceptors (Lipinski definition) is 5. The minimum absolute atomic E-state index is 0.115. The van der Waals surface area contributed by atoms with E-state index in [9.17, 15) is 14.9 Å². The quantitative estimate of drug-likeness (QED) is 0.489. The molecule has 1 saturated carbocycles. The van der Waals surface area contributed by atoms with Crippen LogP contribution in [0, 0.1) is 23.0 Å². The van der Waals surface area contributed by atoms with Crippen LogP contribution in [0.2, 0.25) is 0 Å². The standard InChI is InChI=1S/C15H14N2O4/c1-9-6-10(11-4-2-3-5-13(11)16-9)8-21-15(18)12-7-14(12)17(19)20/h2-6,12,14H,7-8H2,1H3. The second kappa shape index (κ2) is 5.12. The molecule has 21 heavy (non-hydrogen) atoms. The van der Waals surface area contributed by atoms with E-state index in [-0.39, 0.29) is 13.0 Å². The van der Waals surface area contributed by atoms with Crippen LogP contribution in [0.5, 0.6) is 0 Å². The average molecular weight is 286 g/mol. The molecule has 0 N–H and O–H groups in total. The zero-order valence-electron chi connectivity index (χ0n) is 11.5. The Labute approximate surface area is 120 Å². The van der Waals surface area contributed by atoms with Gasteiger partial charge in [-0.3, -0.25) is 19.9 Å². The largest absolute Gasteiger partial charge is 0.460 e. The Balaban J connectivity index is 1.74. The number of para-hydroxylation sites is 1. The smallest absolute Gasteiger partial charge is 0.316 e. The van der Waals surface area contributed by atoms with Gasteiger partial charge in [-0.2, -0.15) is 0 Å². The van der Waals surface area contributed by atoms with Gasteiger partial charge in [0, 0.05) is 28.0 Å². The lowest BCUT2D eigenvalue weighted by atomic mass is 10.1. The highest BCUT2D eigenvalue weighted by atomic mass is 16.6. The van der Waals surface area contributed by atoms with Crippen molar-refractivity contribution in [2.45, 2.75) is 26.0 Å². The molecule has 1 aromatic heterocycles. The lowest BCUT2D eigenvalue weighted by molar-refractivity contribution is -0.497. The van der Waals surface area contributed by atoms with Crippen molar-refractivity contribution in [2.24, 2.45) is 5.92 Å².